The van der Waals surface area contributed by atoms with Crippen LogP contribution in [0.5, 0.6) is 0 Å². The number of carbonyl (C=O) groups is 1. The number of imidazole rings is 1. The van der Waals surface area contributed by atoms with E-state index in [1.165, 1.54) is 15.8 Å². The Labute approximate surface area is 161 Å². The highest BCUT2D eigenvalue weighted by Gasteiger charge is 2.20. The molecule has 0 aliphatic carbocycles. The summed E-state index contributed by atoms with van der Waals surface area (Å²) in [5.74, 6) is -0.340. The van der Waals surface area contributed by atoms with E-state index in [9.17, 15) is 14.4 Å². The molecule has 28 heavy (non-hydrogen) atoms. The molecule has 0 aliphatic heterocycles. The number of fused-ring (bicyclic) bond motifs is 1. The number of nitrogens with zero attached hydrogens (tertiary/aromatic N) is 5. The van der Waals surface area contributed by atoms with E-state index in [1.807, 2.05) is 30.3 Å². The lowest BCUT2D eigenvalue weighted by molar-refractivity contribution is -0.129. The van der Waals surface area contributed by atoms with Crippen LogP contribution in [0.4, 0.5) is 0 Å². The van der Waals surface area contributed by atoms with Crippen LogP contribution in [0.2, 0.25) is 0 Å². The third-order valence-corrected chi connectivity index (χ3v) is 4.50. The molecule has 0 saturated carbocycles. The van der Waals surface area contributed by atoms with E-state index in [0.29, 0.717) is 18.8 Å². The average Bonchev–Trinajstić information content (AvgIpc) is 3.11. The highest BCUT2D eigenvalue weighted by Crippen LogP contribution is 2.10. The van der Waals surface area contributed by atoms with E-state index < -0.39 is 11.2 Å². The lowest BCUT2D eigenvalue weighted by Gasteiger charge is -2.14. The maximum absolute atomic E-state index is 13.1. The zero-order valence-corrected chi connectivity index (χ0v) is 16.2. The van der Waals surface area contributed by atoms with Gasteiger partial charge in [0.25, 0.3) is 5.56 Å². The van der Waals surface area contributed by atoms with Crippen molar-refractivity contribution in [1.82, 2.24) is 23.6 Å². The maximum atomic E-state index is 13.1. The molecular weight excluding hydrogens is 362 g/mol. The lowest BCUT2D eigenvalue weighted by Crippen LogP contribution is -2.44. The number of rotatable bonds is 7. The van der Waals surface area contributed by atoms with Crippen LogP contribution in [0.25, 0.3) is 11.2 Å². The molecule has 9 heteroatoms. The number of hydrogen-bond acceptors (Lipinski definition) is 5. The van der Waals surface area contributed by atoms with Crippen LogP contribution in [0.1, 0.15) is 5.56 Å². The summed E-state index contributed by atoms with van der Waals surface area (Å²) in [6.07, 6.45) is 1.52. The SMILES string of the molecule is COCCn1cnc2c1c(=O)n(CC(=O)N(C)C)c(=O)n2Cc1ccccc1. The van der Waals surface area contributed by atoms with E-state index in [2.05, 4.69) is 4.98 Å². The minimum absolute atomic E-state index is 0.244. The van der Waals surface area contributed by atoms with Gasteiger partial charge in [0.1, 0.15) is 6.54 Å². The van der Waals surface area contributed by atoms with Gasteiger partial charge in [-0.25, -0.2) is 14.3 Å². The highest BCUT2D eigenvalue weighted by molar-refractivity contribution is 5.76. The average molecular weight is 385 g/mol. The molecule has 1 aromatic carbocycles. The van der Waals surface area contributed by atoms with Crippen LogP contribution in [0, 0.1) is 0 Å². The summed E-state index contributed by atoms with van der Waals surface area (Å²) < 4.78 is 9.14. The molecule has 0 spiro atoms. The normalized spacial score (nSPS) is 11.1. The molecule has 0 unspecified atom stereocenters. The Hall–Kier alpha value is -3.20. The van der Waals surface area contributed by atoms with Crippen LogP contribution in [0.15, 0.2) is 46.2 Å². The van der Waals surface area contributed by atoms with Gasteiger partial charge in [0, 0.05) is 27.7 Å². The zero-order valence-electron chi connectivity index (χ0n) is 16.2. The van der Waals surface area contributed by atoms with Gasteiger partial charge < -0.3 is 14.2 Å². The topological polar surface area (TPSA) is 91.4 Å². The zero-order chi connectivity index (χ0) is 20.3. The molecule has 3 aromatic rings. The second-order valence-corrected chi connectivity index (χ2v) is 6.64. The molecule has 1 amide bonds. The number of carbonyl (C=O) groups excluding carboxylic acids is 1. The second-order valence-electron chi connectivity index (χ2n) is 6.64. The van der Waals surface area contributed by atoms with Crippen LogP contribution < -0.4 is 11.2 Å². The number of hydrogen-bond donors (Lipinski definition) is 0. The molecule has 9 nitrogen and oxygen atoms in total. The van der Waals surface area contributed by atoms with E-state index in [0.717, 1.165) is 10.1 Å². The summed E-state index contributed by atoms with van der Waals surface area (Å²) >= 11 is 0. The number of ether oxygens (including phenoxy) is 1. The third-order valence-electron chi connectivity index (χ3n) is 4.50. The first-order valence-electron chi connectivity index (χ1n) is 8.85. The Morgan fingerprint density at radius 1 is 1.14 bits per heavy atom. The Kier molecular flexibility index (Phi) is 5.74. The Bertz CT molecular complexity index is 1100. The Morgan fingerprint density at radius 3 is 2.50 bits per heavy atom. The first kappa shape index (κ1) is 19.6. The van der Waals surface area contributed by atoms with Gasteiger partial charge in [-0.3, -0.25) is 14.2 Å². The number of methoxy groups -OCH3 is 1. The fourth-order valence-corrected chi connectivity index (χ4v) is 2.92. The first-order chi connectivity index (χ1) is 13.4. The molecule has 3 rings (SSSR count). The molecule has 0 atom stereocenters. The maximum Gasteiger partial charge on any atom is 0.333 e. The number of amides is 1. The van der Waals surface area contributed by atoms with Crippen LogP contribution in [0.3, 0.4) is 0 Å². The minimum Gasteiger partial charge on any atom is -0.383 e. The van der Waals surface area contributed by atoms with E-state index in [1.54, 1.807) is 25.8 Å². The first-order valence-corrected chi connectivity index (χ1v) is 8.85. The number of likely N-dealkylation sites (N-methyl/N-ethyl adjacent to an activating group) is 1. The van der Waals surface area contributed by atoms with Crippen LogP contribution in [-0.2, 0) is 29.2 Å². The molecule has 0 radical (unpaired) electrons. The molecule has 0 bridgehead atoms. The molecule has 0 saturated heterocycles. The van der Waals surface area contributed by atoms with Gasteiger partial charge in [0.05, 0.1) is 19.5 Å². The summed E-state index contributed by atoms with van der Waals surface area (Å²) in [5, 5.41) is 0. The fourth-order valence-electron chi connectivity index (χ4n) is 2.92. The van der Waals surface area contributed by atoms with Crippen molar-refractivity contribution >= 4 is 17.1 Å². The van der Waals surface area contributed by atoms with Crippen molar-refractivity contribution in [3.63, 3.8) is 0 Å². The van der Waals surface area contributed by atoms with Crippen molar-refractivity contribution < 1.29 is 9.53 Å². The molecule has 0 aliphatic rings. The summed E-state index contributed by atoms with van der Waals surface area (Å²) in [5.41, 5.74) is 0.366. The van der Waals surface area contributed by atoms with Crippen molar-refractivity contribution in [2.75, 3.05) is 27.8 Å². The summed E-state index contributed by atoms with van der Waals surface area (Å²) in [6, 6.07) is 9.42. The standard InChI is InChI=1S/C19H23N5O4/c1-21(2)15(25)12-24-18(26)16-17(20-13-22(16)9-10-28-3)23(19(24)27)11-14-7-5-4-6-8-14/h4-8,13H,9-12H2,1-3H3. The van der Waals surface area contributed by atoms with Gasteiger partial charge >= 0.3 is 5.69 Å². The molecule has 148 valence electrons. The Morgan fingerprint density at radius 2 is 1.86 bits per heavy atom. The van der Waals surface area contributed by atoms with Crippen LogP contribution in [-0.4, -0.2) is 57.3 Å². The summed E-state index contributed by atoms with van der Waals surface area (Å²) in [4.78, 5) is 44.0. The largest absolute Gasteiger partial charge is 0.383 e. The second kappa shape index (κ2) is 8.22. The quantitative estimate of drug-likeness (QED) is 0.577. The van der Waals surface area contributed by atoms with Gasteiger partial charge in [0.15, 0.2) is 11.2 Å². The van der Waals surface area contributed by atoms with Gasteiger partial charge in [-0.15, -0.1) is 0 Å². The van der Waals surface area contributed by atoms with Gasteiger partial charge in [-0.2, -0.15) is 0 Å². The molecule has 2 heterocycles. The van der Waals surface area contributed by atoms with Crippen molar-refractivity contribution in [2.24, 2.45) is 0 Å². The predicted octanol–water partition coefficient (Wildman–Crippen LogP) is 0.143. The molecule has 0 fully saturated rings. The van der Waals surface area contributed by atoms with Crippen LogP contribution >= 0.6 is 0 Å². The number of benzene rings is 1. The van der Waals surface area contributed by atoms with Crippen molar-refractivity contribution in [3.8, 4) is 0 Å². The summed E-state index contributed by atoms with van der Waals surface area (Å²) in [6.45, 7) is 0.714. The van der Waals surface area contributed by atoms with Crippen molar-refractivity contribution in [1.29, 1.82) is 0 Å². The van der Waals surface area contributed by atoms with E-state index >= 15 is 0 Å². The summed E-state index contributed by atoms with van der Waals surface area (Å²) in [7, 11) is 4.73. The predicted molar refractivity (Wildman–Crippen MR) is 104 cm³/mol. The highest BCUT2D eigenvalue weighted by atomic mass is 16.5. The molecule has 0 N–H and O–H groups in total. The van der Waals surface area contributed by atoms with Gasteiger partial charge in [-0.1, -0.05) is 30.3 Å². The lowest BCUT2D eigenvalue weighted by atomic mass is 10.2. The third kappa shape index (κ3) is 3.74. The van der Waals surface area contributed by atoms with E-state index in [-0.39, 0.29) is 24.5 Å². The van der Waals surface area contributed by atoms with Crippen molar-refractivity contribution in [2.45, 2.75) is 19.6 Å². The van der Waals surface area contributed by atoms with E-state index in [4.69, 9.17) is 4.74 Å². The fraction of sp³-hybridized carbons (Fsp3) is 0.368. The van der Waals surface area contributed by atoms with Gasteiger partial charge in [-0.05, 0) is 5.56 Å². The smallest absolute Gasteiger partial charge is 0.333 e. The molecule has 2 aromatic heterocycles. The monoisotopic (exact) mass is 385 g/mol. The van der Waals surface area contributed by atoms with Gasteiger partial charge in [0.2, 0.25) is 5.91 Å². The Balaban J connectivity index is 2.22. The van der Waals surface area contributed by atoms with Crippen molar-refractivity contribution in [3.05, 3.63) is 63.1 Å². The number of aromatic nitrogens is 4. The molecular formula is C19H23N5O4. The minimum atomic E-state index is -0.562.